The second kappa shape index (κ2) is 9.44. The molecule has 0 fully saturated rings. The lowest BCUT2D eigenvalue weighted by Gasteiger charge is -2.10. The Morgan fingerprint density at radius 3 is 2.54 bits per heavy atom. The van der Waals surface area contributed by atoms with Crippen LogP contribution in [0.5, 0.6) is 0 Å². The predicted octanol–water partition coefficient (Wildman–Crippen LogP) is 0.185. The van der Waals surface area contributed by atoms with Gasteiger partial charge in [-0.1, -0.05) is 0 Å². The molecule has 13 heavy (non-hydrogen) atoms. The zero-order valence-electron chi connectivity index (χ0n) is 8.02. The van der Waals surface area contributed by atoms with Gasteiger partial charge in [-0.2, -0.15) is 0 Å². The number of carbonyl (C=O) groups excluding carboxylic acids is 1. The topological polar surface area (TPSA) is 54.0 Å². The molecule has 0 rings (SSSR count). The zero-order chi connectivity index (χ0) is 9.94. The van der Waals surface area contributed by atoms with Crippen molar-refractivity contribution in [1.29, 1.82) is 0 Å². The summed E-state index contributed by atoms with van der Waals surface area (Å²) >= 11 is 0. The van der Waals surface area contributed by atoms with E-state index in [-0.39, 0.29) is 12.9 Å². The third kappa shape index (κ3) is 9.26. The molecule has 0 spiro atoms. The van der Waals surface area contributed by atoms with E-state index >= 15 is 0 Å². The summed E-state index contributed by atoms with van der Waals surface area (Å²) < 4.78 is 19.5. The van der Waals surface area contributed by atoms with E-state index in [1.807, 2.05) is 0 Å². The standard InChI is InChI=1S/C8H16O5/c1-8(10-2)13-6-5-11-3-4-12-7-9/h7-8H,3-6H2,1-2H3. The summed E-state index contributed by atoms with van der Waals surface area (Å²) in [4.78, 5) is 9.70. The average molecular weight is 192 g/mol. The van der Waals surface area contributed by atoms with Gasteiger partial charge in [-0.25, -0.2) is 0 Å². The van der Waals surface area contributed by atoms with Gasteiger partial charge in [0.1, 0.15) is 6.61 Å². The molecule has 0 aliphatic rings. The van der Waals surface area contributed by atoms with Crippen molar-refractivity contribution >= 4 is 6.47 Å². The van der Waals surface area contributed by atoms with Gasteiger partial charge in [0.15, 0.2) is 6.29 Å². The zero-order valence-corrected chi connectivity index (χ0v) is 8.02. The molecule has 0 radical (unpaired) electrons. The first-order valence-electron chi connectivity index (χ1n) is 4.08. The molecule has 0 aliphatic heterocycles. The van der Waals surface area contributed by atoms with Crippen LogP contribution < -0.4 is 0 Å². The molecule has 5 nitrogen and oxygen atoms in total. The van der Waals surface area contributed by atoms with Gasteiger partial charge >= 0.3 is 0 Å². The summed E-state index contributed by atoms with van der Waals surface area (Å²) in [6.07, 6.45) is -0.213. The second-order valence-corrected chi connectivity index (χ2v) is 2.25. The van der Waals surface area contributed by atoms with Crippen molar-refractivity contribution in [3.05, 3.63) is 0 Å². The average Bonchev–Trinajstić information content (AvgIpc) is 2.16. The normalized spacial score (nSPS) is 12.5. The Bertz CT molecular complexity index is 117. The number of methoxy groups -OCH3 is 1. The first kappa shape index (κ1) is 12.3. The highest BCUT2D eigenvalue weighted by molar-refractivity contribution is 5.36. The number of rotatable bonds is 9. The van der Waals surface area contributed by atoms with E-state index < -0.39 is 0 Å². The Morgan fingerprint density at radius 1 is 1.23 bits per heavy atom. The minimum absolute atomic E-state index is 0.213. The molecular weight excluding hydrogens is 176 g/mol. The van der Waals surface area contributed by atoms with Crippen LogP contribution in [0.25, 0.3) is 0 Å². The van der Waals surface area contributed by atoms with Crippen LogP contribution in [0, 0.1) is 0 Å². The van der Waals surface area contributed by atoms with Gasteiger partial charge in [-0.3, -0.25) is 4.79 Å². The summed E-state index contributed by atoms with van der Waals surface area (Å²) in [6, 6.07) is 0. The molecule has 0 aliphatic carbocycles. The monoisotopic (exact) mass is 192 g/mol. The van der Waals surface area contributed by atoms with E-state index in [9.17, 15) is 4.79 Å². The first-order chi connectivity index (χ1) is 6.31. The Balaban J connectivity index is 2.95. The van der Waals surface area contributed by atoms with Crippen molar-refractivity contribution < 1.29 is 23.7 Å². The number of hydrogen-bond acceptors (Lipinski definition) is 5. The fourth-order valence-electron chi connectivity index (χ4n) is 0.598. The third-order valence-corrected chi connectivity index (χ3v) is 1.33. The minimum Gasteiger partial charge on any atom is -0.465 e. The Labute approximate surface area is 77.9 Å². The maximum atomic E-state index is 9.70. The Morgan fingerprint density at radius 2 is 1.92 bits per heavy atom. The maximum Gasteiger partial charge on any atom is 0.293 e. The molecule has 78 valence electrons. The molecule has 0 heterocycles. The molecule has 0 N–H and O–H groups in total. The summed E-state index contributed by atoms with van der Waals surface area (Å²) in [5, 5.41) is 0. The third-order valence-electron chi connectivity index (χ3n) is 1.33. The fraction of sp³-hybridized carbons (Fsp3) is 0.875. The van der Waals surface area contributed by atoms with Crippen molar-refractivity contribution in [3.8, 4) is 0 Å². The van der Waals surface area contributed by atoms with E-state index in [1.54, 1.807) is 14.0 Å². The largest absolute Gasteiger partial charge is 0.465 e. The van der Waals surface area contributed by atoms with Crippen LogP contribution in [0.1, 0.15) is 6.92 Å². The molecule has 0 aromatic rings. The van der Waals surface area contributed by atoms with Crippen molar-refractivity contribution in [2.75, 3.05) is 33.5 Å². The molecule has 0 aromatic heterocycles. The lowest BCUT2D eigenvalue weighted by Crippen LogP contribution is -2.15. The predicted molar refractivity (Wildman–Crippen MR) is 45.3 cm³/mol. The van der Waals surface area contributed by atoms with Crippen LogP contribution in [0.4, 0.5) is 0 Å². The molecule has 0 saturated carbocycles. The van der Waals surface area contributed by atoms with Crippen molar-refractivity contribution in [2.24, 2.45) is 0 Å². The molecular formula is C8H16O5. The van der Waals surface area contributed by atoms with E-state index in [1.165, 1.54) is 0 Å². The van der Waals surface area contributed by atoms with E-state index in [4.69, 9.17) is 14.2 Å². The van der Waals surface area contributed by atoms with Gasteiger partial charge in [-0.05, 0) is 6.92 Å². The van der Waals surface area contributed by atoms with Crippen LogP contribution in [0.15, 0.2) is 0 Å². The molecule has 1 unspecified atom stereocenters. The lowest BCUT2D eigenvalue weighted by molar-refractivity contribution is -0.132. The van der Waals surface area contributed by atoms with Crippen molar-refractivity contribution in [3.63, 3.8) is 0 Å². The second-order valence-electron chi connectivity index (χ2n) is 2.25. The highest BCUT2D eigenvalue weighted by Gasteiger charge is 1.97. The van der Waals surface area contributed by atoms with Gasteiger partial charge in [0.05, 0.1) is 19.8 Å². The van der Waals surface area contributed by atoms with E-state index in [2.05, 4.69) is 4.74 Å². The van der Waals surface area contributed by atoms with Crippen LogP contribution in [-0.2, 0) is 23.7 Å². The highest BCUT2D eigenvalue weighted by Crippen LogP contribution is 1.89. The number of carbonyl (C=O) groups is 1. The van der Waals surface area contributed by atoms with Crippen LogP contribution >= 0.6 is 0 Å². The molecule has 1 atom stereocenters. The van der Waals surface area contributed by atoms with Gasteiger partial charge in [0.2, 0.25) is 0 Å². The summed E-state index contributed by atoms with van der Waals surface area (Å²) in [7, 11) is 1.57. The van der Waals surface area contributed by atoms with Crippen molar-refractivity contribution in [1.82, 2.24) is 0 Å². The number of ether oxygens (including phenoxy) is 4. The summed E-state index contributed by atoms with van der Waals surface area (Å²) in [6.45, 7) is 3.81. The lowest BCUT2D eigenvalue weighted by atomic mass is 10.7. The van der Waals surface area contributed by atoms with Gasteiger partial charge in [-0.15, -0.1) is 0 Å². The van der Waals surface area contributed by atoms with Crippen LogP contribution in [0.2, 0.25) is 0 Å². The van der Waals surface area contributed by atoms with Crippen molar-refractivity contribution in [2.45, 2.75) is 13.2 Å². The van der Waals surface area contributed by atoms with Gasteiger partial charge in [0, 0.05) is 7.11 Å². The highest BCUT2D eigenvalue weighted by atomic mass is 16.7. The maximum absolute atomic E-state index is 9.70. The SMILES string of the molecule is COC(C)OCCOCCOC=O. The molecule has 0 amide bonds. The van der Waals surface area contributed by atoms with E-state index in [0.29, 0.717) is 26.3 Å². The first-order valence-corrected chi connectivity index (χ1v) is 4.08. The van der Waals surface area contributed by atoms with Crippen LogP contribution in [0.3, 0.4) is 0 Å². The molecule has 0 aromatic carbocycles. The summed E-state index contributed by atoms with van der Waals surface area (Å²) in [5.74, 6) is 0. The van der Waals surface area contributed by atoms with Crippen LogP contribution in [-0.4, -0.2) is 46.3 Å². The summed E-state index contributed by atoms with van der Waals surface area (Å²) in [5.41, 5.74) is 0. The van der Waals surface area contributed by atoms with E-state index in [0.717, 1.165) is 0 Å². The quantitative estimate of drug-likeness (QED) is 0.296. The Hall–Kier alpha value is -0.650. The van der Waals surface area contributed by atoms with Gasteiger partial charge < -0.3 is 18.9 Å². The smallest absolute Gasteiger partial charge is 0.293 e. The molecule has 5 heteroatoms. The Kier molecular flexibility index (Phi) is 8.97. The fourth-order valence-corrected chi connectivity index (χ4v) is 0.598. The van der Waals surface area contributed by atoms with Gasteiger partial charge in [0.25, 0.3) is 6.47 Å². The minimum atomic E-state index is -0.213. The molecule has 0 saturated heterocycles. The molecule has 0 bridgehead atoms. The number of hydrogen-bond donors (Lipinski definition) is 0.